The number of imide groups is 1. The zero-order valence-corrected chi connectivity index (χ0v) is 17.2. The van der Waals surface area contributed by atoms with E-state index in [9.17, 15) is 14.4 Å². The maximum Gasteiger partial charge on any atom is 0.256 e. The Bertz CT molecular complexity index is 1100. The van der Waals surface area contributed by atoms with Gasteiger partial charge in [0.25, 0.3) is 5.91 Å². The summed E-state index contributed by atoms with van der Waals surface area (Å²) in [6.45, 7) is 1.95. The molecule has 0 saturated carbocycles. The molecule has 0 aromatic heterocycles. The second-order valence-corrected chi connectivity index (χ2v) is 8.27. The summed E-state index contributed by atoms with van der Waals surface area (Å²) < 4.78 is 0. The molecule has 30 heavy (non-hydrogen) atoms. The number of hydrogen-bond donors (Lipinski definition) is 1. The van der Waals surface area contributed by atoms with Crippen LogP contribution in [0.2, 0.25) is 0 Å². The van der Waals surface area contributed by atoms with Crippen molar-refractivity contribution in [2.45, 2.75) is 23.5 Å². The fraction of sp³-hybridized carbons (Fsp3) is 0.125. The molecule has 5 nitrogen and oxygen atoms in total. The Morgan fingerprint density at radius 1 is 0.933 bits per heavy atom. The van der Waals surface area contributed by atoms with Gasteiger partial charge in [0, 0.05) is 17.0 Å². The third-order valence-electron chi connectivity index (χ3n) is 4.83. The molecule has 3 aromatic carbocycles. The van der Waals surface area contributed by atoms with Gasteiger partial charge in [-0.05, 0) is 43.3 Å². The van der Waals surface area contributed by atoms with Crippen LogP contribution in [0.15, 0.2) is 83.8 Å². The van der Waals surface area contributed by atoms with Gasteiger partial charge in [0.15, 0.2) is 0 Å². The van der Waals surface area contributed by atoms with Gasteiger partial charge in [0.05, 0.1) is 16.5 Å². The van der Waals surface area contributed by atoms with Gasteiger partial charge < -0.3 is 5.32 Å². The lowest BCUT2D eigenvalue weighted by molar-refractivity contribution is -0.121. The maximum absolute atomic E-state index is 13.0. The third kappa shape index (κ3) is 4.14. The first kappa shape index (κ1) is 19.9. The van der Waals surface area contributed by atoms with Crippen LogP contribution in [0.4, 0.5) is 11.4 Å². The molecule has 1 saturated heterocycles. The number of aryl methyl sites for hydroxylation is 1. The molecule has 0 spiro atoms. The number of anilines is 2. The molecule has 1 atom stereocenters. The fourth-order valence-electron chi connectivity index (χ4n) is 3.29. The Morgan fingerprint density at radius 2 is 1.60 bits per heavy atom. The Morgan fingerprint density at radius 3 is 2.33 bits per heavy atom. The Labute approximate surface area is 179 Å². The number of rotatable bonds is 5. The summed E-state index contributed by atoms with van der Waals surface area (Å²) in [6, 6.07) is 23.6. The monoisotopic (exact) mass is 416 g/mol. The van der Waals surface area contributed by atoms with Crippen LogP contribution in [-0.4, -0.2) is 23.0 Å². The predicted octanol–water partition coefficient (Wildman–Crippen LogP) is 4.67. The summed E-state index contributed by atoms with van der Waals surface area (Å²) >= 11 is 1.26. The first-order valence-electron chi connectivity index (χ1n) is 9.58. The second kappa shape index (κ2) is 8.55. The first-order valence-corrected chi connectivity index (χ1v) is 10.5. The number of carbonyl (C=O) groups excluding carboxylic acids is 3. The standard InChI is InChI=1S/C24H20N2O3S/c1-16-11-13-18(14-12-16)26-22(27)15-21(24(26)29)30-20-10-6-5-9-19(20)23(28)25-17-7-3-2-4-8-17/h2-14,21H,15H2,1H3,(H,25,28)/t21-/m1/s1. The smallest absolute Gasteiger partial charge is 0.256 e. The van der Waals surface area contributed by atoms with E-state index < -0.39 is 5.25 Å². The van der Waals surface area contributed by atoms with Crippen LogP contribution in [0, 0.1) is 6.92 Å². The number of thioether (sulfide) groups is 1. The average Bonchev–Trinajstić information content (AvgIpc) is 3.03. The molecular formula is C24H20N2O3S. The van der Waals surface area contributed by atoms with Crippen molar-refractivity contribution < 1.29 is 14.4 Å². The van der Waals surface area contributed by atoms with E-state index in [2.05, 4.69) is 5.32 Å². The van der Waals surface area contributed by atoms with Gasteiger partial charge in [-0.15, -0.1) is 11.8 Å². The molecule has 0 aliphatic carbocycles. The van der Waals surface area contributed by atoms with Crippen molar-refractivity contribution in [2.75, 3.05) is 10.2 Å². The molecule has 1 fully saturated rings. The van der Waals surface area contributed by atoms with Crippen LogP contribution in [0.5, 0.6) is 0 Å². The Hall–Kier alpha value is -3.38. The summed E-state index contributed by atoms with van der Waals surface area (Å²) in [5, 5.41) is 2.30. The van der Waals surface area contributed by atoms with Gasteiger partial charge in [-0.1, -0.05) is 48.0 Å². The van der Waals surface area contributed by atoms with Gasteiger partial charge in [0.1, 0.15) is 0 Å². The minimum Gasteiger partial charge on any atom is -0.322 e. The van der Waals surface area contributed by atoms with Crippen molar-refractivity contribution in [3.05, 3.63) is 90.0 Å². The zero-order valence-electron chi connectivity index (χ0n) is 16.4. The number of amides is 3. The van der Waals surface area contributed by atoms with Crippen LogP contribution < -0.4 is 10.2 Å². The number of hydrogen-bond acceptors (Lipinski definition) is 4. The van der Waals surface area contributed by atoms with Crippen molar-refractivity contribution in [1.29, 1.82) is 0 Å². The fourth-order valence-corrected chi connectivity index (χ4v) is 4.47. The van der Waals surface area contributed by atoms with Crippen molar-refractivity contribution >= 4 is 40.9 Å². The number of nitrogens with one attached hydrogen (secondary N) is 1. The van der Waals surface area contributed by atoms with E-state index >= 15 is 0 Å². The van der Waals surface area contributed by atoms with E-state index in [-0.39, 0.29) is 24.1 Å². The minimum absolute atomic E-state index is 0.103. The van der Waals surface area contributed by atoms with E-state index in [4.69, 9.17) is 0 Å². The molecule has 0 radical (unpaired) electrons. The molecule has 1 N–H and O–H groups in total. The van der Waals surface area contributed by atoms with Gasteiger partial charge in [-0.2, -0.15) is 0 Å². The lowest BCUT2D eigenvalue weighted by Crippen LogP contribution is -2.31. The normalized spacial score (nSPS) is 16.0. The minimum atomic E-state index is -0.565. The van der Waals surface area contributed by atoms with E-state index in [1.54, 1.807) is 30.3 Å². The lowest BCUT2D eigenvalue weighted by atomic mass is 10.2. The largest absolute Gasteiger partial charge is 0.322 e. The molecule has 150 valence electrons. The molecule has 0 unspecified atom stereocenters. The molecule has 4 rings (SSSR count). The van der Waals surface area contributed by atoms with E-state index in [1.807, 2.05) is 55.5 Å². The average molecular weight is 417 g/mol. The molecule has 1 aliphatic heterocycles. The highest BCUT2D eigenvalue weighted by molar-refractivity contribution is 8.00. The summed E-state index contributed by atoms with van der Waals surface area (Å²) in [5.74, 6) is -0.740. The molecule has 3 amide bonds. The molecule has 3 aromatic rings. The first-order chi connectivity index (χ1) is 14.5. The summed E-state index contributed by atoms with van der Waals surface area (Å²) in [4.78, 5) is 40.2. The van der Waals surface area contributed by atoms with Crippen molar-refractivity contribution in [1.82, 2.24) is 0 Å². The van der Waals surface area contributed by atoms with Gasteiger partial charge in [-0.3, -0.25) is 14.4 Å². The predicted molar refractivity (Wildman–Crippen MR) is 119 cm³/mol. The Balaban J connectivity index is 1.53. The molecule has 0 bridgehead atoms. The van der Waals surface area contributed by atoms with Gasteiger partial charge in [0.2, 0.25) is 11.8 Å². The van der Waals surface area contributed by atoms with E-state index in [0.29, 0.717) is 21.8 Å². The van der Waals surface area contributed by atoms with E-state index in [0.717, 1.165) is 5.56 Å². The van der Waals surface area contributed by atoms with Crippen LogP contribution >= 0.6 is 11.8 Å². The third-order valence-corrected chi connectivity index (χ3v) is 6.09. The highest BCUT2D eigenvalue weighted by Crippen LogP contribution is 2.35. The zero-order chi connectivity index (χ0) is 21.1. The number of benzene rings is 3. The Kier molecular flexibility index (Phi) is 5.68. The van der Waals surface area contributed by atoms with Crippen molar-refractivity contribution in [3.8, 4) is 0 Å². The highest BCUT2D eigenvalue weighted by atomic mass is 32.2. The number of carbonyl (C=O) groups is 3. The molecule has 1 heterocycles. The number of para-hydroxylation sites is 1. The second-order valence-electron chi connectivity index (χ2n) is 7.03. The number of nitrogens with zero attached hydrogens (tertiary/aromatic N) is 1. The topological polar surface area (TPSA) is 66.5 Å². The molecular weight excluding hydrogens is 396 g/mol. The van der Waals surface area contributed by atoms with E-state index in [1.165, 1.54) is 16.7 Å². The van der Waals surface area contributed by atoms with Crippen LogP contribution in [0.3, 0.4) is 0 Å². The highest BCUT2D eigenvalue weighted by Gasteiger charge is 2.40. The summed E-state index contributed by atoms with van der Waals surface area (Å²) in [7, 11) is 0. The lowest BCUT2D eigenvalue weighted by Gasteiger charge is -2.16. The van der Waals surface area contributed by atoms with Crippen LogP contribution in [0.1, 0.15) is 22.3 Å². The van der Waals surface area contributed by atoms with Crippen LogP contribution in [-0.2, 0) is 9.59 Å². The van der Waals surface area contributed by atoms with Gasteiger partial charge in [-0.25, -0.2) is 4.90 Å². The molecule has 6 heteroatoms. The van der Waals surface area contributed by atoms with Gasteiger partial charge >= 0.3 is 0 Å². The van der Waals surface area contributed by atoms with Crippen molar-refractivity contribution in [2.24, 2.45) is 0 Å². The molecule has 1 aliphatic rings. The quantitative estimate of drug-likeness (QED) is 0.614. The SMILES string of the molecule is Cc1ccc(N2C(=O)C[C@@H](Sc3ccccc3C(=O)Nc3ccccc3)C2=O)cc1. The summed E-state index contributed by atoms with van der Waals surface area (Å²) in [5.41, 5.74) is 2.80. The van der Waals surface area contributed by atoms with Crippen LogP contribution in [0.25, 0.3) is 0 Å². The van der Waals surface area contributed by atoms with Crippen molar-refractivity contribution in [3.63, 3.8) is 0 Å². The maximum atomic E-state index is 13.0. The summed E-state index contributed by atoms with van der Waals surface area (Å²) in [6.07, 6.45) is 0.103.